The number of amides is 1. The van der Waals surface area contributed by atoms with Crippen molar-refractivity contribution in [2.24, 2.45) is 0 Å². The Morgan fingerprint density at radius 3 is 2.67 bits per heavy atom. The Morgan fingerprint density at radius 1 is 1.29 bits per heavy atom. The van der Waals surface area contributed by atoms with Crippen LogP contribution in [0.1, 0.15) is 23.2 Å². The molecule has 0 spiro atoms. The fraction of sp³-hybridized carbons (Fsp3) is 0.562. The molecular formula is C16H20F3NO4. The van der Waals surface area contributed by atoms with Crippen LogP contribution >= 0.6 is 0 Å². The molecule has 1 atom stereocenters. The number of halogens is 3. The van der Waals surface area contributed by atoms with Gasteiger partial charge in [-0.15, -0.1) is 0 Å². The Hall–Kier alpha value is -1.80. The highest BCUT2D eigenvalue weighted by atomic mass is 19.4. The molecule has 0 saturated carbocycles. The largest absolute Gasteiger partial charge is 0.491 e. The van der Waals surface area contributed by atoms with E-state index in [2.05, 4.69) is 10.1 Å². The minimum atomic E-state index is -4.36. The number of benzene rings is 1. The third kappa shape index (κ3) is 6.76. The summed E-state index contributed by atoms with van der Waals surface area (Å²) in [4.78, 5) is 11.8. The summed E-state index contributed by atoms with van der Waals surface area (Å²) in [5.74, 6) is 0.256. The molecule has 8 heteroatoms. The highest BCUT2D eigenvalue weighted by Crippen LogP contribution is 2.17. The van der Waals surface area contributed by atoms with Crippen molar-refractivity contribution in [1.82, 2.24) is 5.32 Å². The van der Waals surface area contributed by atoms with Gasteiger partial charge < -0.3 is 19.5 Å². The van der Waals surface area contributed by atoms with E-state index < -0.39 is 12.8 Å². The number of ether oxygens (including phenoxy) is 3. The molecule has 0 aromatic heterocycles. The zero-order chi connectivity index (χ0) is 17.4. The van der Waals surface area contributed by atoms with Crippen LogP contribution in [0.25, 0.3) is 0 Å². The molecule has 1 aliphatic heterocycles. The number of rotatable bonds is 8. The van der Waals surface area contributed by atoms with Crippen LogP contribution in [0.15, 0.2) is 24.3 Å². The first-order valence-corrected chi connectivity index (χ1v) is 7.71. The third-order valence-electron chi connectivity index (χ3n) is 3.37. The second-order valence-electron chi connectivity index (χ2n) is 5.39. The van der Waals surface area contributed by atoms with Crippen molar-refractivity contribution < 1.29 is 32.2 Å². The van der Waals surface area contributed by atoms with Crippen LogP contribution in [0.4, 0.5) is 13.2 Å². The van der Waals surface area contributed by atoms with Crippen molar-refractivity contribution in [2.45, 2.75) is 25.1 Å². The minimum Gasteiger partial charge on any atom is -0.491 e. The molecule has 1 N–H and O–H groups in total. The van der Waals surface area contributed by atoms with Gasteiger partial charge in [-0.2, -0.15) is 13.2 Å². The van der Waals surface area contributed by atoms with E-state index in [1.54, 1.807) is 24.3 Å². The normalized spacial score (nSPS) is 17.7. The van der Waals surface area contributed by atoms with E-state index in [9.17, 15) is 18.0 Å². The maximum absolute atomic E-state index is 11.9. The zero-order valence-electron chi connectivity index (χ0n) is 13.1. The Kier molecular flexibility index (Phi) is 6.86. The quantitative estimate of drug-likeness (QED) is 0.735. The van der Waals surface area contributed by atoms with Gasteiger partial charge in [-0.3, -0.25) is 4.79 Å². The van der Waals surface area contributed by atoms with Gasteiger partial charge in [0.25, 0.3) is 5.91 Å². The van der Waals surface area contributed by atoms with Gasteiger partial charge in [0.05, 0.1) is 12.7 Å². The smallest absolute Gasteiger partial charge is 0.411 e. The molecule has 1 aromatic rings. The molecule has 1 amide bonds. The second-order valence-corrected chi connectivity index (χ2v) is 5.39. The molecule has 1 fully saturated rings. The lowest BCUT2D eigenvalue weighted by molar-refractivity contribution is -0.173. The predicted molar refractivity (Wildman–Crippen MR) is 80.1 cm³/mol. The minimum absolute atomic E-state index is 0.00613. The average Bonchev–Trinajstić information content (AvgIpc) is 3.05. The van der Waals surface area contributed by atoms with Gasteiger partial charge in [0.1, 0.15) is 19.0 Å². The summed E-state index contributed by atoms with van der Waals surface area (Å²) in [6.45, 7) is -0.276. The maximum atomic E-state index is 11.9. The molecule has 0 aliphatic carbocycles. The fourth-order valence-electron chi connectivity index (χ4n) is 2.19. The van der Waals surface area contributed by atoms with Gasteiger partial charge in [-0.05, 0) is 37.1 Å². The summed E-state index contributed by atoms with van der Waals surface area (Å²) in [5.41, 5.74) is 0.398. The molecule has 24 heavy (non-hydrogen) atoms. The Bertz CT molecular complexity index is 513. The van der Waals surface area contributed by atoms with Crippen LogP contribution in [0.5, 0.6) is 5.75 Å². The van der Waals surface area contributed by atoms with E-state index in [1.165, 1.54) is 0 Å². The van der Waals surface area contributed by atoms with Gasteiger partial charge in [0.15, 0.2) is 0 Å². The first-order chi connectivity index (χ1) is 11.4. The third-order valence-corrected chi connectivity index (χ3v) is 3.37. The first kappa shape index (κ1) is 18.5. The molecule has 1 unspecified atom stereocenters. The number of nitrogens with one attached hydrogen (secondary N) is 1. The summed E-state index contributed by atoms with van der Waals surface area (Å²) in [6, 6.07) is 6.53. The van der Waals surface area contributed by atoms with Gasteiger partial charge in [0, 0.05) is 18.7 Å². The summed E-state index contributed by atoms with van der Waals surface area (Å²) < 4.78 is 51.1. The Morgan fingerprint density at radius 2 is 2.04 bits per heavy atom. The summed E-state index contributed by atoms with van der Waals surface area (Å²) in [7, 11) is 0. The molecule has 0 radical (unpaired) electrons. The van der Waals surface area contributed by atoms with E-state index in [0.29, 0.717) is 17.9 Å². The van der Waals surface area contributed by atoms with Crippen molar-refractivity contribution in [3.8, 4) is 5.75 Å². The van der Waals surface area contributed by atoms with Gasteiger partial charge >= 0.3 is 6.18 Å². The molecule has 1 saturated heterocycles. The van der Waals surface area contributed by atoms with Gasteiger partial charge in [-0.1, -0.05) is 0 Å². The van der Waals surface area contributed by atoms with Crippen LogP contribution in [0.3, 0.4) is 0 Å². The van der Waals surface area contributed by atoms with Crippen molar-refractivity contribution in [2.75, 3.05) is 33.0 Å². The fourth-order valence-corrected chi connectivity index (χ4v) is 2.19. The zero-order valence-corrected chi connectivity index (χ0v) is 13.1. The second kappa shape index (κ2) is 8.89. The lowest BCUT2D eigenvalue weighted by Gasteiger charge is -2.12. The summed E-state index contributed by atoms with van der Waals surface area (Å²) >= 11 is 0. The van der Waals surface area contributed by atoms with Gasteiger partial charge in [0.2, 0.25) is 0 Å². The molecule has 0 bridgehead atoms. The van der Waals surface area contributed by atoms with E-state index in [1.807, 2.05) is 0 Å². The van der Waals surface area contributed by atoms with Crippen LogP contribution in [-0.2, 0) is 9.47 Å². The summed E-state index contributed by atoms with van der Waals surface area (Å²) in [6.07, 6.45) is -2.22. The monoisotopic (exact) mass is 347 g/mol. The van der Waals surface area contributed by atoms with Crippen LogP contribution < -0.4 is 10.1 Å². The Labute approximate surface area is 138 Å². The van der Waals surface area contributed by atoms with E-state index >= 15 is 0 Å². The summed E-state index contributed by atoms with van der Waals surface area (Å²) in [5, 5.41) is 2.49. The standard InChI is InChI=1S/C16H20F3NO4/c17-16(18,19)11-22-9-7-20-15(21)12-3-5-13(6-4-12)24-10-14-2-1-8-23-14/h3-6,14H,1-2,7-11H2,(H,20,21). The molecular weight excluding hydrogens is 327 g/mol. The maximum Gasteiger partial charge on any atom is 0.411 e. The average molecular weight is 347 g/mol. The number of carbonyl (C=O) groups is 1. The van der Waals surface area contributed by atoms with Crippen LogP contribution in [-0.4, -0.2) is 51.2 Å². The lowest BCUT2D eigenvalue weighted by atomic mass is 10.2. The highest BCUT2D eigenvalue weighted by Gasteiger charge is 2.27. The molecule has 134 valence electrons. The van der Waals surface area contributed by atoms with E-state index in [-0.39, 0.29) is 25.2 Å². The number of alkyl halides is 3. The molecule has 1 aliphatic rings. The highest BCUT2D eigenvalue weighted by molar-refractivity contribution is 5.94. The lowest BCUT2D eigenvalue weighted by Crippen LogP contribution is -2.28. The van der Waals surface area contributed by atoms with Crippen molar-refractivity contribution in [3.05, 3.63) is 29.8 Å². The topological polar surface area (TPSA) is 56.8 Å². The molecule has 1 heterocycles. The number of carbonyl (C=O) groups excluding carboxylic acids is 1. The SMILES string of the molecule is O=C(NCCOCC(F)(F)F)c1ccc(OCC2CCCO2)cc1. The first-order valence-electron chi connectivity index (χ1n) is 7.71. The molecule has 5 nitrogen and oxygen atoms in total. The number of hydrogen-bond acceptors (Lipinski definition) is 4. The number of hydrogen-bond donors (Lipinski definition) is 1. The van der Waals surface area contributed by atoms with Crippen molar-refractivity contribution >= 4 is 5.91 Å². The van der Waals surface area contributed by atoms with Crippen molar-refractivity contribution in [1.29, 1.82) is 0 Å². The van der Waals surface area contributed by atoms with Gasteiger partial charge in [-0.25, -0.2) is 0 Å². The molecule has 2 rings (SSSR count). The van der Waals surface area contributed by atoms with Crippen LogP contribution in [0, 0.1) is 0 Å². The van der Waals surface area contributed by atoms with Crippen LogP contribution in [0.2, 0.25) is 0 Å². The predicted octanol–water partition coefficient (Wildman–Crippen LogP) is 2.55. The van der Waals surface area contributed by atoms with E-state index in [4.69, 9.17) is 9.47 Å². The van der Waals surface area contributed by atoms with Crippen molar-refractivity contribution in [3.63, 3.8) is 0 Å². The van der Waals surface area contributed by atoms with E-state index in [0.717, 1.165) is 19.4 Å². The molecule has 1 aromatic carbocycles. The Balaban J connectivity index is 1.66.